The van der Waals surface area contributed by atoms with Crippen LogP contribution >= 0.6 is 11.3 Å². The van der Waals surface area contributed by atoms with Crippen LogP contribution in [0.5, 0.6) is 0 Å². The number of para-hydroxylation sites is 1. The van der Waals surface area contributed by atoms with Crippen LogP contribution in [-0.2, 0) is 0 Å². The number of hydrogen-bond acceptors (Lipinski definition) is 4. The number of fused-ring (bicyclic) bond motifs is 10. The molecule has 0 fully saturated rings. The van der Waals surface area contributed by atoms with Crippen LogP contribution in [0.1, 0.15) is 0 Å². The lowest BCUT2D eigenvalue weighted by atomic mass is 10.0. The SMILES string of the molecule is c1ccc(-c2cc(-c3ccccc3)nc(-c3cccc4oc5ccc(-n6c7ccccc7c7ccc8c9ccccc9sc8c76)cc5c34)n2)cc1. The van der Waals surface area contributed by atoms with Gasteiger partial charge in [-0.2, -0.15) is 0 Å². The van der Waals surface area contributed by atoms with Gasteiger partial charge in [0, 0.05) is 59.4 Å². The van der Waals surface area contributed by atoms with Crippen molar-refractivity contribution < 1.29 is 4.42 Å². The van der Waals surface area contributed by atoms with E-state index in [1.165, 1.54) is 42.0 Å². The maximum Gasteiger partial charge on any atom is 0.161 e. The van der Waals surface area contributed by atoms with Crippen molar-refractivity contribution in [3.05, 3.63) is 164 Å². The van der Waals surface area contributed by atoms with Crippen molar-refractivity contribution in [2.24, 2.45) is 0 Å². The molecule has 7 aromatic carbocycles. The van der Waals surface area contributed by atoms with Gasteiger partial charge in [-0.15, -0.1) is 11.3 Å². The number of furan rings is 1. The van der Waals surface area contributed by atoms with E-state index in [0.717, 1.165) is 55.7 Å². The minimum absolute atomic E-state index is 0.665. The Morgan fingerprint density at radius 1 is 0.490 bits per heavy atom. The summed E-state index contributed by atoms with van der Waals surface area (Å²) in [6.45, 7) is 0. The van der Waals surface area contributed by atoms with Crippen LogP contribution in [-0.4, -0.2) is 14.5 Å². The zero-order chi connectivity index (χ0) is 33.5. The van der Waals surface area contributed by atoms with Crippen LogP contribution in [0.2, 0.25) is 0 Å². The molecule has 4 nitrogen and oxygen atoms in total. The average molecular weight is 670 g/mol. The predicted molar refractivity (Wildman–Crippen MR) is 213 cm³/mol. The second-order valence-electron chi connectivity index (χ2n) is 12.9. The van der Waals surface area contributed by atoms with Gasteiger partial charge in [-0.25, -0.2) is 9.97 Å². The summed E-state index contributed by atoms with van der Waals surface area (Å²) in [5.74, 6) is 0.665. The van der Waals surface area contributed by atoms with Crippen LogP contribution in [0, 0.1) is 0 Å². The molecular weight excluding hydrogens is 643 g/mol. The molecule has 0 radical (unpaired) electrons. The molecule has 0 N–H and O–H groups in total. The average Bonchev–Trinajstić information content (AvgIpc) is 3.88. The summed E-state index contributed by atoms with van der Waals surface area (Å²) in [4.78, 5) is 10.4. The Balaban J connectivity index is 1.19. The van der Waals surface area contributed by atoms with Gasteiger partial charge >= 0.3 is 0 Å². The minimum Gasteiger partial charge on any atom is -0.456 e. The quantitative estimate of drug-likeness (QED) is 0.187. The first-order chi connectivity index (χ1) is 25.3. The normalized spacial score (nSPS) is 11.9. The van der Waals surface area contributed by atoms with E-state index in [0.29, 0.717) is 5.82 Å². The molecule has 5 heteroatoms. The van der Waals surface area contributed by atoms with Crippen molar-refractivity contribution in [3.8, 4) is 39.6 Å². The van der Waals surface area contributed by atoms with Crippen molar-refractivity contribution >= 4 is 75.3 Å². The van der Waals surface area contributed by atoms with Crippen LogP contribution in [0.15, 0.2) is 168 Å². The Bertz CT molecular complexity index is 3080. The molecule has 11 rings (SSSR count). The molecule has 0 saturated heterocycles. The van der Waals surface area contributed by atoms with Gasteiger partial charge in [0.1, 0.15) is 11.2 Å². The molecule has 0 saturated carbocycles. The molecule has 0 spiro atoms. The standard InChI is InChI=1S/C46H27N3OS/c1-3-12-28(13-4-1)37-27-38(29-14-5-2-6-15-29)48-46(47-37)35-18-11-20-41-43(35)36-26-30(22-25-40(36)50-41)49-39-19-9-7-16-31(39)33-23-24-34-32-17-8-10-21-42(32)51-45(34)44(33)49/h1-27H. The highest BCUT2D eigenvalue weighted by Gasteiger charge is 2.21. The van der Waals surface area contributed by atoms with Crippen molar-refractivity contribution in [3.63, 3.8) is 0 Å². The molecule has 0 unspecified atom stereocenters. The summed E-state index contributed by atoms with van der Waals surface area (Å²) in [6, 6.07) is 57.5. The van der Waals surface area contributed by atoms with Gasteiger partial charge in [-0.05, 0) is 42.5 Å². The third-order valence-electron chi connectivity index (χ3n) is 10.0. The second kappa shape index (κ2) is 11.0. The molecule has 0 bridgehead atoms. The second-order valence-corrected chi connectivity index (χ2v) is 14.0. The Morgan fingerprint density at radius 3 is 1.96 bits per heavy atom. The van der Waals surface area contributed by atoms with Crippen LogP contribution in [0.4, 0.5) is 0 Å². The lowest BCUT2D eigenvalue weighted by molar-refractivity contribution is 0.669. The van der Waals surface area contributed by atoms with Gasteiger partial charge < -0.3 is 8.98 Å². The van der Waals surface area contributed by atoms with Gasteiger partial charge in [0.25, 0.3) is 0 Å². The highest BCUT2D eigenvalue weighted by molar-refractivity contribution is 7.26. The van der Waals surface area contributed by atoms with Crippen molar-refractivity contribution in [1.29, 1.82) is 0 Å². The van der Waals surface area contributed by atoms with Crippen molar-refractivity contribution in [1.82, 2.24) is 14.5 Å². The van der Waals surface area contributed by atoms with Crippen molar-refractivity contribution in [2.45, 2.75) is 0 Å². The zero-order valence-electron chi connectivity index (χ0n) is 27.2. The lowest BCUT2D eigenvalue weighted by Crippen LogP contribution is -1.96. The summed E-state index contributed by atoms with van der Waals surface area (Å²) in [5, 5.41) is 7.11. The Kier molecular flexibility index (Phi) is 6.09. The molecule has 51 heavy (non-hydrogen) atoms. The first-order valence-corrected chi connectivity index (χ1v) is 17.9. The smallest absolute Gasteiger partial charge is 0.161 e. The number of rotatable bonds is 4. The van der Waals surface area contributed by atoms with Gasteiger partial charge in [-0.1, -0.05) is 121 Å². The summed E-state index contributed by atoms with van der Waals surface area (Å²) in [7, 11) is 0. The molecule has 0 aliphatic heterocycles. The van der Waals surface area contributed by atoms with Gasteiger partial charge in [0.05, 0.1) is 27.1 Å². The van der Waals surface area contributed by atoms with Gasteiger partial charge in [0.15, 0.2) is 5.82 Å². The zero-order valence-corrected chi connectivity index (χ0v) is 28.1. The third-order valence-corrected chi connectivity index (χ3v) is 11.2. The molecule has 238 valence electrons. The first-order valence-electron chi connectivity index (χ1n) is 17.1. The lowest BCUT2D eigenvalue weighted by Gasteiger charge is -2.11. The van der Waals surface area contributed by atoms with E-state index in [2.05, 4.69) is 120 Å². The summed E-state index contributed by atoms with van der Waals surface area (Å²) >= 11 is 1.87. The number of aromatic nitrogens is 3. The first kappa shape index (κ1) is 28.3. The number of nitrogens with zero attached hydrogens (tertiary/aromatic N) is 3. The third kappa shape index (κ3) is 4.32. The summed E-state index contributed by atoms with van der Waals surface area (Å²) < 4.78 is 11.6. The van der Waals surface area contributed by atoms with Crippen LogP contribution < -0.4 is 0 Å². The fourth-order valence-corrected chi connectivity index (χ4v) is 8.96. The number of thiophene rings is 1. The van der Waals surface area contributed by atoms with Crippen molar-refractivity contribution in [2.75, 3.05) is 0 Å². The molecule has 11 aromatic rings. The molecular formula is C46H27N3OS. The van der Waals surface area contributed by atoms with E-state index in [4.69, 9.17) is 14.4 Å². The maximum atomic E-state index is 6.54. The van der Waals surface area contributed by atoms with E-state index >= 15 is 0 Å². The summed E-state index contributed by atoms with van der Waals surface area (Å²) in [6.07, 6.45) is 0. The Labute approximate surface area is 296 Å². The van der Waals surface area contributed by atoms with E-state index < -0.39 is 0 Å². The molecule has 0 aliphatic rings. The highest BCUT2D eigenvalue weighted by atomic mass is 32.1. The number of benzene rings is 7. The molecule has 0 atom stereocenters. The molecule has 4 heterocycles. The molecule has 4 aromatic heterocycles. The fraction of sp³-hybridized carbons (Fsp3) is 0. The topological polar surface area (TPSA) is 43.9 Å². The number of hydrogen-bond donors (Lipinski definition) is 0. The van der Waals surface area contributed by atoms with Gasteiger partial charge in [0.2, 0.25) is 0 Å². The van der Waals surface area contributed by atoms with E-state index in [9.17, 15) is 0 Å². The fourth-order valence-electron chi connectivity index (χ4n) is 7.72. The monoisotopic (exact) mass is 669 g/mol. The Hall–Kier alpha value is -6.56. The molecule has 0 aliphatic carbocycles. The Morgan fingerprint density at radius 2 is 1.18 bits per heavy atom. The summed E-state index contributed by atoms with van der Waals surface area (Å²) in [5.41, 5.74) is 9.91. The highest BCUT2D eigenvalue weighted by Crippen LogP contribution is 2.44. The van der Waals surface area contributed by atoms with Gasteiger partial charge in [-0.3, -0.25) is 0 Å². The van der Waals surface area contributed by atoms with Crippen LogP contribution in [0.3, 0.4) is 0 Å². The predicted octanol–water partition coefficient (Wildman–Crippen LogP) is 12.8. The largest absolute Gasteiger partial charge is 0.456 e. The van der Waals surface area contributed by atoms with E-state index in [1.807, 2.05) is 59.9 Å². The van der Waals surface area contributed by atoms with E-state index in [1.54, 1.807) is 0 Å². The van der Waals surface area contributed by atoms with E-state index in [-0.39, 0.29) is 0 Å². The molecule has 0 amide bonds. The minimum atomic E-state index is 0.665. The van der Waals surface area contributed by atoms with Crippen LogP contribution in [0.25, 0.3) is 104 Å². The maximum absolute atomic E-state index is 6.54.